The Balaban J connectivity index is 1.13. The third kappa shape index (κ3) is 3.95. The molecule has 0 aromatic heterocycles. The minimum atomic E-state index is -0.210. The SMILES string of the molecule is N[C@]1(Cc2ccc3ccccc3c2)C[C@H]1c1ccc(NC(=O)c2ccc3ccccc3c2)cc1. The summed E-state index contributed by atoms with van der Waals surface area (Å²) in [5.74, 6) is 0.235. The Labute approximate surface area is 199 Å². The lowest BCUT2D eigenvalue weighted by Gasteiger charge is -2.13. The van der Waals surface area contributed by atoms with Gasteiger partial charge >= 0.3 is 0 Å². The van der Waals surface area contributed by atoms with E-state index in [1.165, 1.54) is 21.9 Å². The first-order valence-corrected chi connectivity index (χ1v) is 11.7. The van der Waals surface area contributed by atoms with Crippen molar-refractivity contribution >= 4 is 33.1 Å². The van der Waals surface area contributed by atoms with Crippen LogP contribution in [-0.2, 0) is 6.42 Å². The highest BCUT2D eigenvalue weighted by Crippen LogP contribution is 2.51. The number of hydrogen-bond donors (Lipinski definition) is 2. The van der Waals surface area contributed by atoms with E-state index >= 15 is 0 Å². The monoisotopic (exact) mass is 442 g/mol. The molecule has 1 saturated carbocycles. The molecule has 2 atom stereocenters. The normalized spacial score (nSPS) is 19.3. The zero-order valence-electron chi connectivity index (χ0n) is 18.9. The molecule has 0 heterocycles. The quantitative estimate of drug-likeness (QED) is 0.319. The fraction of sp³-hybridized carbons (Fsp3) is 0.129. The van der Waals surface area contributed by atoms with Gasteiger partial charge in [-0.05, 0) is 69.8 Å². The second-order valence-corrected chi connectivity index (χ2v) is 9.49. The largest absolute Gasteiger partial charge is 0.324 e. The number of nitrogens with one attached hydrogen (secondary N) is 1. The first kappa shape index (κ1) is 20.6. The van der Waals surface area contributed by atoms with Gasteiger partial charge in [-0.15, -0.1) is 0 Å². The lowest BCUT2D eigenvalue weighted by atomic mass is 9.97. The maximum atomic E-state index is 12.8. The number of amides is 1. The number of anilines is 1. The predicted octanol–water partition coefficient (Wildman–Crippen LogP) is 6.67. The first-order valence-electron chi connectivity index (χ1n) is 11.7. The fourth-order valence-electron chi connectivity index (χ4n) is 5.03. The molecule has 0 unspecified atom stereocenters. The molecule has 3 N–H and O–H groups in total. The van der Waals surface area contributed by atoms with Crippen molar-refractivity contribution in [2.45, 2.75) is 24.3 Å². The number of rotatable bonds is 5. The Morgan fingerprint density at radius 2 is 1.38 bits per heavy atom. The van der Waals surface area contributed by atoms with E-state index in [0.717, 1.165) is 29.3 Å². The predicted molar refractivity (Wildman–Crippen MR) is 140 cm³/mol. The standard InChI is InChI=1S/C31H26N2O/c32-31(19-21-9-10-22-5-1-3-7-25(22)17-21)20-29(31)24-13-15-28(16-14-24)33-30(34)27-12-11-23-6-2-4-8-26(23)18-27/h1-18,29H,19-20,32H2,(H,33,34)/t29-,31+/m0/s1. The highest BCUT2D eigenvalue weighted by Gasteiger charge is 2.51. The van der Waals surface area contributed by atoms with E-state index in [1.807, 2.05) is 54.6 Å². The topological polar surface area (TPSA) is 55.1 Å². The van der Waals surface area contributed by atoms with Crippen molar-refractivity contribution in [1.29, 1.82) is 0 Å². The van der Waals surface area contributed by atoms with Crippen LogP contribution in [0, 0.1) is 0 Å². The van der Waals surface area contributed by atoms with Crippen molar-refractivity contribution in [3.63, 3.8) is 0 Å². The van der Waals surface area contributed by atoms with Crippen LogP contribution in [0.2, 0.25) is 0 Å². The average molecular weight is 443 g/mol. The van der Waals surface area contributed by atoms with Crippen LogP contribution in [-0.4, -0.2) is 11.4 Å². The smallest absolute Gasteiger partial charge is 0.255 e. The molecule has 1 fully saturated rings. The van der Waals surface area contributed by atoms with Crippen molar-refractivity contribution in [3.8, 4) is 0 Å². The molecule has 6 rings (SSSR count). The van der Waals surface area contributed by atoms with E-state index in [2.05, 4.69) is 59.9 Å². The molecule has 5 aromatic rings. The van der Waals surface area contributed by atoms with Crippen molar-refractivity contribution < 1.29 is 4.79 Å². The molecule has 3 heteroatoms. The van der Waals surface area contributed by atoms with Crippen LogP contribution < -0.4 is 11.1 Å². The molecule has 0 radical (unpaired) electrons. The summed E-state index contributed by atoms with van der Waals surface area (Å²) in [7, 11) is 0. The maximum absolute atomic E-state index is 12.8. The lowest BCUT2D eigenvalue weighted by molar-refractivity contribution is 0.102. The molecule has 1 amide bonds. The summed E-state index contributed by atoms with van der Waals surface area (Å²) in [5, 5.41) is 7.72. The van der Waals surface area contributed by atoms with Gasteiger partial charge in [0.05, 0.1) is 0 Å². The average Bonchev–Trinajstić information content (AvgIpc) is 3.54. The third-order valence-electron chi connectivity index (χ3n) is 7.05. The van der Waals surface area contributed by atoms with Crippen LogP contribution in [0.1, 0.15) is 33.8 Å². The summed E-state index contributed by atoms with van der Waals surface area (Å²) >= 11 is 0. The van der Waals surface area contributed by atoms with Gasteiger partial charge in [-0.2, -0.15) is 0 Å². The highest BCUT2D eigenvalue weighted by atomic mass is 16.1. The van der Waals surface area contributed by atoms with E-state index in [-0.39, 0.29) is 11.4 Å². The van der Waals surface area contributed by atoms with Gasteiger partial charge in [-0.3, -0.25) is 4.79 Å². The van der Waals surface area contributed by atoms with Crippen LogP contribution in [0.4, 0.5) is 5.69 Å². The number of nitrogens with two attached hydrogens (primary N) is 1. The Bertz CT molecular complexity index is 1520. The van der Waals surface area contributed by atoms with E-state index < -0.39 is 0 Å². The summed E-state index contributed by atoms with van der Waals surface area (Å²) < 4.78 is 0. The number of carbonyl (C=O) groups excluding carboxylic acids is 1. The number of hydrogen-bond acceptors (Lipinski definition) is 2. The minimum Gasteiger partial charge on any atom is -0.324 e. The van der Waals surface area contributed by atoms with Crippen molar-refractivity contribution in [2.24, 2.45) is 5.73 Å². The summed E-state index contributed by atoms with van der Waals surface area (Å²) in [6.45, 7) is 0. The first-order chi connectivity index (χ1) is 16.6. The van der Waals surface area contributed by atoms with Crippen LogP contribution in [0.25, 0.3) is 21.5 Å². The molecule has 34 heavy (non-hydrogen) atoms. The van der Waals surface area contributed by atoms with Gasteiger partial charge in [-0.25, -0.2) is 0 Å². The van der Waals surface area contributed by atoms with Crippen LogP contribution >= 0.6 is 0 Å². The number of carbonyl (C=O) groups is 1. The van der Waals surface area contributed by atoms with E-state index in [4.69, 9.17) is 5.73 Å². The molecule has 0 saturated heterocycles. The molecular weight excluding hydrogens is 416 g/mol. The Morgan fingerprint density at radius 3 is 2.09 bits per heavy atom. The number of fused-ring (bicyclic) bond motifs is 2. The van der Waals surface area contributed by atoms with Crippen molar-refractivity contribution in [3.05, 3.63) is 126 Å². The molecule has 1 aliphatic rings. The third-order valence-corrected chi connectivity index (χ3v) is 7.05. The van der Waals surface area contributed by atoms with Gasteiger partial charge < -0.3 is 11.1 Å². The number of benzene rings is 5. The van der Waals surface area contributed by atoms with Crippen molar-refractivity contribution in [2.75, 3.05) is 5.32 Å². The second kappa shape index (κ2) is 8.12. The molecule has 0 bridgehead atoms. The molecule has 0 aliphatic heterocycles. The Hall–Kier alpha value is -3.95. The zero-order chi connectivity index (χ0) is 23.1. The molecule has 5 aromatic carbocycles. The fourth-order valence-corrected chi connectivity index (χ4v) is 5.03. The summed E-state index contributed by atoms with van der Waals surface area (Å²) in [6, 6.07) is 37.0. The molecule has 1 aliphatic carbocycles. The van der Waals surface area contributed by atoms with E-state index in [0.29, 0.717) is 11.5 Å². The van der Waals surface area contributed by atoms with Gasteiger partial charge in [0.15, 0.2) is 0 Å². The molecular formula is C31H26N2O. The Kier molecular flexibility index (Phi) is 4.93. The molecule has 166 valence electrons. The molecule has 0 spiro atoms. The lowest BCUT2D eigenvalue weighted by Crippen LogP contribution is -2.27. The van der Waals surface area contributed by atoms with Gasteiger partial charge in [0.1, 0.15) is 0 Å². The van der Waals surface area contributed by atoms with Crippen molar-refractivity contribution in [1.82, 2.24) is 0 Å². The highest BCUT2D eigenvalue weighted by molar-refractivity contribution is 6.06. The summed E-state index contributed by atoms with van der Waals surface area (Å²) in [6.07, 6.45) is 1.84. The summed E-state index contributed by atoms with van der Waals surface area (Å²) in [5.41, 5.74) is 10.5. The van der Waals surface area contributed by atoms with Gasteiger partial charge in [0, 0.05) is 22.7 Å². The van der Waals surface area contributed by atoms with Crippen LogP contribution in [0.15, 0.2) is 109 Å². The van der Waals surface area contributed by atoms with Gasteiger partial charge in [-0.1, -0.05) is 84.9 Å². The summed E-state index contributed by atoms with van der Waals surface area (Å²) in [4.78, 5) is 12.8. The van der Waals surface area contributed by atoms with Gasteiger partial charge in [0.2, 0.25) is 0 Å². The van der Waals surface area contributed by atoms with Crippen LogP contribution in [0.3, 0.4) is 0 Å². The van der Waals surface area contributed by atoms with Gasteiger partial charge in [0.25, 0.3) is 5.91 Å². The van der Waals surface area contributed by atoms with Crippen LogP contribution in [0.5, 0.6) is 0 Å². The minimum absolute atomic E-state index is 0.102. The Morgan fingerprint density at radius 1 is 0.765 bits per heavy atom. The zero-order valence-corrected chi connectivity index (χ0v) is 18.9. The van der Waals surface area contributed by atoms with E-state index in [9.17, 15) is 4.79 Å². The second-order valence-electron chi connectivity index (χ2n) is 9.49. The molecule has 3 nitrogen and oxygen atoms in total. The van der Waals surface area contributed by atoms with E-state index in [1.54, 1.807) is 0 Å². The maximum Gasteiger partial charge on any atom is 0.255 e.